The Kier molecular flexibility index (Phi) is 8.90. The molecule has 0 amide bonds. The van der Waals surface area contributed by atoms with Crippen LogP contribution in [-0.4, -0.2) is 18.2 Å². The van der Waals surface area contributed by atoms with Crippen molar-refractivity contribution in [2.75, 3.05) is 6.61 Å². The van der Waals surface area contributed by atoms with Gasteiger partial charge in [-0.05, 0) is 205 Å². The second-order valence-corrected chi connectivity index (χ2v) is 17.0. The van der Waals surface area contributed by atoms with Crippen LogP contribution in [0, 0.1) is 30.8 Å². The van der Waals surface area contributed by atoms with E-state index in [-0.39, 0.29) is 29.1 Å². The zero-order valence-electron chi connectivity index (χ0n) is 24.6. The SMILES string of the molecule is CC1(OC(=O)COc2ccc(Oc3ccc([S+](c4ccc(I)cc4)c4ccc(I)cc4)cc3)cc2)C2CC3CC(C2)CC1C3. The molecule has 8 rings (SSSR count). The van der Waals surface area contributed by atoms with Crippen LogP contribution in [0.15, 0.2) is 112 Å². The van der Waals surface area contributed by atoms with Crippen molar-refractivity contribution in [3.05, 3.63) is 104 Å². The van der Waals surface area contributed by atoms with Crippen LogP contribution < -0.4 is 9.47 Å². The van der Waals surface area contributed by atoms with Crippen LogP contribution in [-0.2, 0) is 20.4 Å². The van der Waals surface area contributed by atoms with E-state index in [2.05, 4.69) is 113 Å². The summed E-state index contributed by atoms with van der Waals surface area (Å²) in [6.45, 7) is 2.09. The second kappa shape index (κ2) is 12.9. The number of ether oxygens (including phenoxy) is 3. The first-order valence-electron chi connectivity index (χ1n) is 15.3. The summed E-state index contributed by atoms with van der Waals surface area (Å²) in [5.41, 5.74) is -0.332. The highest BCUT2D eigenvalue weighted by molar-refractivity contribution is 14.1. The minimum Gasteiger partial charge on any atom is -0.482 e. The lowest BCUT2D eigenvalue weighted by Crippen LogP contribution is -2.58. The molecule has 0 atom stereocenters. The highest BCUT2D eigenvalue weighted by Gasteiger charge is 2.57. The Bertz CT molecular complexity index is 1530. The van der Waals surface area contributed by atoms with E-state index in [4.69, 9.17) is 14.2 Å². The molecular weight excluding hydrogens is 794 g/mol. The van der Waals surface area contributed by atoms with Gasteiger partial charge in [0, 0.05) is 7.14 Å². The average Bonchev–Trinajstić information content (AvgIpc) is 3.02. The van der Waals surface area contributed by atoms with E-state index in [0.29, 0.717) is 23.3 Å². The van der Waals surface area contributed by atoms with Crippen LogP contribution in [0.25, 0.3) is 0 Å². The van der Waals surface area contributed by atoms with Gasteiger partial charge in [-0.15, -0.1) is 0 Å². The molecule has 4 aromatic rings. The number of rotatable bonds is 9. The third kappa shape index (κ3) is 6.51. The maximum atomic E-state index is 12.8. The van der Waals surface area contributed by atoms with E-state index in [9.17, 15) is 4.79 Å². The van der Waals surface area contributed by atoms with Crippen LogP contribution in [0.4, 0.5) is 0 Å². The Morgan fingerprint density at radius 2 is 1.07 bits per heavy atom. The van der Waals surface area contributed by atoms with Crippen molar-refractivity contribution in [1.29, 1.82) is 0 Å². The van der Waals surface area contributed by atoms with E-state index < -0.39 is 0 Å². The lowest BCUT2D eigenvalue weighted by molar-refractivity contribution is -0.204. The molecule has 0 radical (unpaired) electrons. The molecule has 0 aromatic heterocycles. The highest BCUT2D eigenvalue weighted by Crippen LogP contribution is 2.59. The van der Waals surface area contributed by atoms with Gasteiger partial charge in [-0.3, -0.25) is 0 Å². The fraction of sp³-hybridized carbons (Fsp3) is 0.324. The third-order valence-corrected chi connectivity index (χ3v) is 13.3. The van der Waals surface area contributed by atoms with Crippen molar-refractivity contribution in [2.24, 2.45) is 23.7 Å². The molecule has 0 N–H and O–H groups in total. The first-order chi connectivity index (χ1) is 21.3. The molecule has 4 saturated carbocycles. The number of halogens is 2. The molecular formula is C37H35I2O4S+. The summed E-state index contributed by atoms with van der Waals surface area (Å²) in [6, 6.07) is 33.3. The van der Waals surface area contributed by atoms with Gasteiger partial charge in [-0.1, -0.05) is 0 Å². The summed E-state index contributed by atoms with van der Waals surface area (Å²) in [6.07, 6.45) is 6.22. The minimum absolute atomic E-state index is 0.0768. The number of carbonyl (C=O) groups is 1. The van der Waals surface area contributed by atoms with Crippen molar-refractivity contribution in [3.8, 4) is 17.2 Å². The molecule has 0 unspecified atom stereocenters. The first kappa shape index (κ1) is 30.4. The van der Waals surface area contributed by atoms with Gasteiger partial charge in [-0.2, -0.15) is 0 Å². The van der Waals surface area contributed by atoms with Gasteiger partial charge >= 0.3 is 5.97 Å². The lowest BCUT2D eigenvalue weighted by Gasteiger charge is -2.59. The highest BCUT2D eigenvalue weighted by atomic mass is 127. The quantitative estimate of drug-likeness (QED) is 0.0958. The van der Waals surface area contributed by atoms with Gasteiger partial charge in [0.05, 0.1) is 10.9 Å². The van der Waals surface area contributed by atoms with Gasteiger partial charge in [-0.25, -0.2) is 4.79 Å². The topological polar surface area (TPSA) is 44.8 Å². The van der Waals surface area contributed by atoms with Crippen molar-refractivity contribution in [1.82, 2.24) is 0 Å². The van der Waals surface area contributed by atoms with Crippen LogP contribution in [0.2, 0.25) is 0 Å². The van der Waals surface area contributed by atoms with Gasteiger partial charge in [0.25, 0.3) is 0 Å². The van der Waals surface area contributed by atoms with Crippen molar-refractivity contribution >= 4 is 62.0 Å². The minimum atomic E-state index is -0.332. The Morgan fingerprint density at radius 3 is 1.55 bits per heavy atom. The van der Waals surface area contributed by atoms with E-state index in [1.807, 2.05) is 36.4 Å². The smallest absolute Gasteiger partial charge is 0.344 e. The molecule has 4 aliphatic carbocycles. The van der Waals surface area contributed by atoms with E-state index in [0.717, 1.165) is 17.6 Å². The van der Waals surface area contributed by atoms with Gasteiger partial charge in [0.1, 0.15) is 22.8 Å². The fourth-order valence-electron chi connectivity index (χ4n) is 7.64. The molecule has 226 valence electrons. The molecule has 0 heterocycles. The van der Waals surface area contributed by atoms with Gasteiger partial charge in [0.2, 0.25) is 0 Å². The molecule has 4 fully saturated rings. The predicted octanol–water partition coefficient (Wildman–Crippen LogP) is 9.92. The standard InChI is InChI=1S/C37H35I2O4S/c1-37(26-19-24-18-25(21-26)22-27(37)20-24)43-36(40)23-41-30-6-8-31(9-7-30)42-32-10-16-35(17-11-32)44(33-12-2-28(38)3-13-33)34-14-4-29(39)5-15-34/h2-17,24-27H,18-23H2,1H3/q+1. The van der Waals surface area contributed by atoms with Gasteiger partial charge in [0.15, 0.2) is 21.3 Å². The van der Waals surface area contributed by atoms with Crippen LogP contribution in [0.5, 0.6) is 17.2 Å². The lowest BCUT2D eigenvalue weighted by atomic mass is 9.50. The largest absolute Gasteiger partial charge is 0.482 e. The number of carbonyl (C=O) groups excluding carboxylic acids is 1. The summed E-state index contributed by atoms with van der Waals surface area (Å²) in [5.74, 6) is 4.52. The van der Waals surface area contributed by atoms with E-state index in [1.54, 1.807) is 0 Å². The molecule has 4 aromatic carbocycles. The van der Waals surface area contributed by atoms with Crippen molar-refractivity contribution in [2.45, 2.75) is 59.3 Å². The molecule has 4 bridgehead atoms. The van der Waals surface area contributed by atoms with Crippen molar-refractivity contribution in [3.63, 3.8) is 0 Å². The van der Waals surface area contributed by atoms with Gasteiger partial charge < -0.3 is 14.2 Å². The molecule has 0 spiro atoms. The van der Waals surface area contributed by atoms with Crippen LogP contribution >= 0.6 is 45.2 Å². The molecule has 4 nitrogen and oxygen atoms in total. The number of benzene rings is 4. The number of hydrogen-bond acceptors (Lipinski definition) is 4. The molecule has 4 aliphatic rings. The summed E-state index contributed by atoms with van der Waals surface area (Å²) in [4.78, 5) is 16.6. The Labute approximate surface area is 289 Å². The maximum absolute atomic E-state index is 12.8. The maximum Gasteiger partial charge on any atom is 0.344 e. The molecule has 0 aliphatic heterocycles. The second-order valence-electron chi connectivity index (χ2n) is 12.5. The summed E-state index contributed by atoms with van der Waals surface area (Å²) >= 11 is 4.70. The normalized spacial score (nSPS) is 25.2. The number of hydrogen-bond donors (Lipinski definition) is 0. The first-order valence-corrected chi connectivity index (χ1v) is 18.7. The Hall–Kier alpha value is -2.24. The molecule has 0 saturated heterocycles. The zero-order valence-corrected chi connectivity index (χ0v) is 29.7. The monoisotopic (exact) mass is 829 g/mol. The predicted molar refractivity (Wildman–Crippen MR) is 190 cm³/mol. The number of esters is 1. The van der Waals surface area contributed by atoms with Crippen LogP contribution in [0.3, 0.4) is 0 Å². The fourth-order valence-corrected chi connectivity index (χ4v) is 10.4. The zero-order chi connectivity index (χ0) is 30.3. The molecule has 44 heavy (non-hydrogen) atoms. The Balaban J connectivity index is 0.967. The van der Waals surface area contributed by atoms with Crippen molar-refractivity contribution < 1.29 is 19.0 Å². The third-order valence-electron chi connectivity index (χ3n) is 9.67. The Morgan fingerprint density at radius 1 is 0.659 bits per heavy atom. The van der Waals surface area contributed by atoms with Crippen LogP contribution in [0.1, 0.15) is 39.0 Å². The summed E-state index contributed by atoms with van der Waals surface area (Å²) < 4.78 is 20.6. The van der Waals surface area contributed by atoms with E-state index in [1.165, 1.54) is 53.9 Å². The average molecular weight is 830 g/mol. The molecule has 7 heteroatoms. The summed E-state index contributed by atoms with van der Waals surface area (Å²) in [7, 11) is -0.219. The summed E-state index contributed by atoms with van der Waals surface area (Å²) in [5, 5.41) is 0. The van der Waals surface area contributed by atoms with E-state index >= 15 is 0 Å².